The summed E-state index contributed by atoms with van der Waals surface area (Å²) >= 11 is 0. The molecule has 2 atom stereocenters. The molecule has 2 N–H and O–H groups in total. The maximum absolute atomic E-state index is 11.3. The highest BCUT2D eigenvalue weighted by Crippen LogP contribution is 2.23. The summed E-state index contributed by atoms with van der Waals surface area (Å²) in [6.45, 7) is 4.45. The van der Waals surface area contributed by atoms with Gasteiger partial charge < -0.3 is 15.4 Å². The Bertz CT molecular complexity index is 197. The molecule has 1 fully saturated rings. The van der Waals surface area contributed by atoms with Crippen LogP contribution >= 0.6 is 0 Å². The van der Waals surface area contributed by atoms with Gasteiger partial charge in [0.25, 0.3) is 0 Å². The minimum Gasteiger partial charge on any atom is -0.453 e. The lowest BCUT2D eigenvalue weighted by Crippen LogP contribution is -2.42. The molecule has 4 nitrogen and oxygen atoms in total. The number of hydrogen-bond donors (Lipinski definition) is 1. The van der Waals surface area contributed by atoms with Crippen molar-refractivity contribution in [3.05, 3.63) is 0 Å². The van der Waals surface area contributed by atoms with Gasteiger partial charge in [0.1, 0.15) is 0 Å². The number of nitrogens with two attached hydrogens (primary N) is 1. The van der Waals surface area contributed by atoms with Crippen molar-refractivity contribution in [1.29, 1.82) is 0 Å². The van der Waals surface area contributed by atoms with Gasteiger partial charge in [0.15, 0.2) is 0 Å². The van der Waals surface area contributed by atoms with Crippen molar-refractivity contribution in [2.45, 2.75) is 19.8 Å². The van der Waals surface area contributed by atoms with Crippen LogP contribution in [0.1, 0.15) is 19.8 Å². The third kappa shape index (κ3) is 2.61. The largest absolute Gasteiger partial charge is 0.453 e. The van der Waals surface area contributed by atoms with E-state index in [1.54, 1.807) is 4.90 Å². The molecule has 14 heavy (non-hydrogen) atoms. The fourth-order valence-electron chi connectivity index (χ4n) is 1.96. The summed E-state index contributed by atoms with van der Waals surface area (Å²) in [5, 5.41) is 0. The van der Waals surface area contributed by atoms with Crippen molar-refractivity contribution in [1.82, 2.24) is 4.90 Å². The van der Waals surface area contributed by atoms with Gasteiger partial charge in [0.2, 0.25) is 0 Å². The van der Waals surface area contributed by atoms with Gasteiger partial charge in [-0.3, -0.25) is 0 Å². The van der Waals surface area contributed by atoms with Crippen LogP contribution in [0.15, 0.2) is 0 Å². The molecule has 1 aliphatic rings. The average molecular weight is 200 g/mol. The summed E-state index contributed by atoms with van der Waals surface area (Å²) in [7, 11) is 1.43. The van der Waals surface area contributed by atoms with Gasteiger partial charge in [-0.15, -0.1) is 0 Å². The second-order valence-corrected chi connectivity index (χ2v) is 4.03. The van der Waals surface area contributed by atoms with Gasteiger partial charge in [-0.05, 0) is 31.2 Å². The van der Waals surface area contributed by atoms with Crippen molar-refractivity contribution in [2.75, 3.05) is 26.7 Å². The van der Waals surface area contributed by atoms with E-state index in [0.29, 0.717) is 18.4 Å². The number of hydrogen-bond acceptors (Lipinski definition) is 3. The molecule has 1 amide bonds. The number of ether oxygens (including phenoxy) is 1. The van der Waals surface area contributed by atoms with E-state index in [1.165, 1.54) is 13.5 Å². The lowest BCUT2D eigenvalue weighted by atomic mass is 9.87. The summed E-state index contributed by atoms with van der Waals surface area (Å²) in [6.07, 6.45) is 2.02. The Morgan fingerprint density at radius 3 is 3.00 bits per heavy atom. The number of piperidine rings is 1. The second kappa shape index (κ2) is 5.20. The third-order valence-electron chi connectivity index (χ3n) is 3.07. The normalized spacial score (nSPS) is 24.5. The van der Waals surface area contributed by atoms with E-state index >= 15 is 0 Å². The zero-order chi connectivity index (χ0) is 10.6. The van der Waals surface area contributed by atoms with Gasteiger partial charge in [-0.25, -0.2) is 4.79 Å². The molecule has 4 heteroatoms. The molecule has 0 saturated carbocycles. The molecule has 1 saturated heterocycles. The molecule has 0 aromatic heterocycles. The molecule has 0 spiro atoms. The van der Waals surface area contributed by atoms with E-state index in [-0.39, 0.29) is 6.09 Å². The van der Waals surface area contributed by atoms with E-state index in [1.807, 2.05) is 0 Å². The highest BCUT2D eigenvalue weighted by molar-refractivity contribution is 5.67. The quantitative estimate of drug-likeness (QED) is 0.725. The lowest BCUT2D eigenvalue weighted by molar-refractivity contribution is 0.0925. The molecular formula is C10H20N2O2. The Balaban J connectivity index is 2.47. The monoisotopic (exact) mass is 200 g/mol. The fourth-order valence-corrected chi connectivity index (χ4v) is 1.96. The second-order valence-electron chi connectivity index (χ2n) is 4.03. The summed E-state index contributed by atoms with van der Waals surface area (Å²) in [5.41, 5.74) is 5.62. The van der Waals surface area contributed by atoms with E-state index in [0.717, 1.165) is 19.5 Å². The van der Waals surface area contributed by atoms with Crippen molar-refractivity contribution >= 4 is 6.09 Å². The number of rotatable bonds is 2. The first-order valence-electron chi connectivity index (χ1n) is 5.22. The van der Waals surface area contributed by atoms with Crippen LogP contribution in [0.4, 0.5) is 4.79 Å². The van der Waals surface area contributed by atoms with Crippen LogP contribution in [-0.4, -0.2) is 37.7 Å². The lowest BCUT2D eigenvalue weighted by Gasteiger charge is -2.34. The summed E-state index contributed by atoms with van der Waals surface area (Å²) in [4.78, 5) is 13.1. The standard InChI is InChI=1S/C10H20N2O2/c1-8(6-11)9-4-3-5-12(7-9)10(13)14-2/h8-9H,3-7,11H2,1-2H3. The molecule has 2 unspecified atom stereocenters. The molecule has 0 radical (unpaired) electrons. The zero-order valence-electron chi connectivity index (χ0n) is 9.03. The van der Waals surface area contributed by atoms with Crippen molar-refractivity contribution in [3.8, 4) is 0 Å². The SMILES string of the molecule is COC(=O)N1CCCC(C(C)CN)C1. The molecule has 1 heterocycles. The van der Waals surface area contributed by atoms with E-state index in [9.17, 15) is 4.79 Å². The first-order valence-corrected chi connectivity index (χ1v) is 5.22. The number of nitrogens with zero attached hydrogens (tertiary/aromatic N) is 1. The number of carbonyl (C=O) groups excluding carboxylic acids is 1. The van der Waals surface area contributed by atoms with Crippen molar-refractivity contribution < 1.29 is 9.53 Å². The van der Waals surface area contributed by atoms with E-state index in [4.69, 9.17) is 10.5 Å². The van der Waals surface area contributed by atoms with Gasteiger partial charge >= 0.3 is 6.09 Å². The molecule has 1 rings (SSSR count). The van der Waals surface area contributed by atoms with Crippen LogP contribution in [0.2, 0.25) is 0 Å². The van der Waals surface area contributed by atoms with Gasteiger partial charge in [0.05, 0.1) is 7.11 Å². The first-order chi connectivity index (χ1) is 6.69. The van der Waals surface area contributed by atoms with Gasteiger partial charge in [-0.2, -0.15) is 0 Å². The Morgan fingerprint density at radius 1 is 1.71 bits per heavy atom. The maximum Gasteiger partial charge on any atom is 0.409 e. The van der Waals surface area contributed by atoms with Crippen LogP contribution in [-0.2, 0) is 4.74 Å². The van der Waals surface area contributed by atoms with E-state index < -0.39 is 0 Å². The highest BCUT2D eigenvalue weighted by atomic mass is 16.5. The molecule has 0 bridgehead atoms. The first kappa shape index (κ1) is 11.3. The topological polar surface area (TPSA) is 55.6 Å². The van der Waals surface area contributed by atoms with Crippen LogP contribution in [0.5, 0.6) is 0 Å². The predicted molar refractivity (Wildman–Crippen MR) is 54.9 cm³/mol. The Hall–Kier alpha value is -0.770. The van der Waals surface area contributed by atoms with Gasteiger partial charge in [-0.1, -0.05) is 6.92 Å². The number of carbonyl (C=O) groups is 1. The van der Waals surface area contributed by atoms with Crippen molar-refractivity contribution in [3.63, 3.8) is 0 Å². The molecular weight excluding hydrogens is 180 g/mol. The number of methoxy groups -OCH3 is 1. The summed E-state index contributed by atoms with van der Waals surface area (Å²) in [6, 6.07) is 0. The zero-order valence-corrected chi connectivity index (χ0v) is 9.03. The fraction of sp³-hybridized carbons (Fsp3) is 0.900. The van der Waals surface area contributed by atoms with Crippen LogP contribution in [0.25, 0.3) is 0 Å². The predicted octanol–water partition coefficient (Wildman–Crippen LogP) is 1.06. The Labute approximate surface area is 85.4 Å². The molecule has 0 aromatic rings. The third-order valence-corrected chi connectivity index (χ3v) is 3.07. The number of likely N-dealkylation sites (tertiary alicyclic amines) is 1. The molecule has 0 aromatic carbocycles. The number of amides is 1. The van der Waals surface area contributed by atoms with E-state index in [2.05, 4.69) is 6.92 Å². The van der Waals surface area contributed by atoms with Crippen LogP contribution in [0.3, 0.4) is 0 Å². The van der Waals surface area contributed by atoms with Crippen molar-refractivity contribution in [2.24, 2.45) is 17.6 Å². The Morgan fingerprint density at radius 2 is 2.43 bits per heavy atom. The molecule has 82 valence electrons. The summed E-state index contributed by atoms with van der Waals surface area (Å²) < 4.78 is 4.71. The highest BCUT2D eigenvalue weighted by Gasteiger charge is 2.26. The maximum atomic E-state index is 11.3. The average Bonchev–Trinajstić information content (AvgIpc) is 2.27. The van der Waals surface area contributed by atoms with Crippen LogP contribution < -0.4 is 5.73 Å². The summed E-state index contributed by atoms with van der Waals surface area (Å²) in [5.74, 6) is 1.02. The van der Waals surface area contributed by atoms with Gasteiger partial charge in [0, 0.05) is 13.1 Å². The molecule has 0 aliphatic carbocycles. The molecule has 1 aliphatic heterocycles. The van der Waals surface area contributed by atoms with Crippen LogP contribution in [0, 0.1) is 11.8 Å². The minimum absolute atomic E-state index is 0.209. The minimum atomic E-state index is -0.209. The smallest absolute Gasteiger partial charge is 0.409 e. The Kier molecular flexibility index (Phi) is 4.20.